The molecule has 1 aromatic carbocycles. The highest BCUT2D eigenvalue weighted by atomic mass is 32.1. The molecule has 1 saturated carbocycles. The Bertz CT molecular complexity index is 3350. The van der Waals surface area contributed by atoms with Crippen LogP contribution in [0.2, 0.25) is 0 Å². The fourth-order valence-corrected chi connectivity index (χ4v) is 13.6. The first kappa shape index (κ1) is 86.1. The zero-order chi connectivity index (χ0) is 77.5. The maximum atomic E-state index is 15.3. The number of rotatable bonds is 30. The van der Waals surface area contributed by atoms with Gasteiger partial charge >= 0.3 is 5.97 Å². The maximum absolute atomic E-state index is 15.3. The van der Waals surface area contributed by atoms with Gasteiger partial charge < -0.3 is 117 Å². The number of carbonyl (C=O) groups excluding carboxylic acids is 9. The molecule has 25 N–H and O–H groups in total. The lowest BCUT2D eigenvalue weighted by molar-refractivity contribution is -0.153. The lowest BCUT2D eigenvalue weighted by atomic mass is 9.84. The fraction of sp³-hybridized carbons (Fsp3) is 0.600. The molecule has 0 spiro atoms. The zero-order valence-electron chi connectivity index (χ0n) is 58.5. The van der Waals surface area contributed by atoms with Gasteiger partial charge in [0.15, 0.2) is 17.9 Å². The minimum atomic E-state index is -1.66. The molecule has 5 heterocycles. The Labute approximate surface area is 604 Å². The molecule has 3 saturated heterocycles. The Kier molecular flexibility index (Phi) is 35.6. The Morgan fingerprint density at radius 1 is 0.577 bits per heavy atom. The topological polar surface area (TPSA) is 636 Å². The van der Waals surface area contributed by atoms with Crippen LogP contribution in [0.1, 0.15) is 127 Å². The third-order valence-corrected chi connectivity index (χ3v) is 18.3. The molecule has 1 aliphatic carbocycles. The molecule has 7 rings (SSSR count). The molecular weight excluding hydrogens is 1380 g/mol. The maximum Gasteiger partial charge on any atom is 0.326 e. The van der Waals surface area contributed by atoms with Crippen LogP contribution >= 0.6 is 11.3 Å². The number of aliphatic hydroxyl groups is 2. The quantitative estimate of drug-likeness (QED) is 0.0198. The van der Waals surface area contributed by atoms with Crippen LogP contribution < -0.4 is 66.7 Å². The standard InChI is InChI=1S/C59H89N19O13S.3C2H4O2/c60-37(14-5-19-67-57(61)62)48(82)72-38(15-6-20-68-58(63)64)52(86)75-22-8-18-43(75)54(88)77-30-35(80)26-44(77)50(84)70-28-47(81)71-40(27-36-13-9-23-92-36)49(83)74-41(31-79)53(87)76-29-34-12-2-1-10-32(34)24-46(76)55(89)78-42-17-4-3-11-33(42)25-45(78)51(85)73-39(56(90)91)16-7-21-69-59(65)66;3*1-2(3)4/h1-2,9-10,12-13,23,33,35,37-46,79-80H,3-8,11,14-22,24-31,60H2,(H,70,84)(H,71,81)(H,72,82)(H,73,85)(H,74,83)(H,90,91)(H4,61,62,67)(H4,63,64,68)(H4,65,66,69);3*1H3,(H,3,4)/t33-,35+,37+,38-,39-,40-,41-,42-,43-,44-,45-,46+;;;/m0.../s1. The number of guanidine groups is 3. The van der Waals surface area contributed by atoms with Crippen LogP contribution in [0.3, 0.4) is 0 Å². The molecule has 39 heteroatoms. The van der Waals surface area contributed by atoms with Crippen molar-refractivity contribution in [3.63, 3.8) is 0 Å². The first-order chi connectivity index (χ1) is 49.1. The molecule has 2 aromatic rings. The Morgan fingerprint density at radius 2 is 1.13 bits per heavy atom. The van der Waals surface area contributed by atoms with Gasteiger partial charge in [-0.15, -0.1) is 11.3 Å². The van der Waals surface area contributed by atoms with Crippen molar-refractivity contribution < 1.29 is 93.0 Å². The van der Waals surface area contributed by atoms with Crippen LogP contribution in [0.25, 0.3) is 0 Å². The number of nitrogens with zero attached hydrogens (tertiary/aromatic N) is 7. The fourth-order valence-electron chi connectivity index (χ4n) is 12.9. The van der Waals surface area contributed by atoms with Crippen LogP contribution in [0, 0.1) is 5.92 Å². The molecule has 38 nitrogen and oxygen atoms in total. The van der Waals surface area contributed by atoms with Crippen LogP contribution in [0.15, 0.2) is 56.8 Å². The average Bonchev–Trinajstić information content (AvgIpc) is 1.49. The Morgan fingerprint density at radius 3 is 1.70 bits per heavy atom. The summed E-state index contributed by atoms with van der Waals surface area (Å²) < 4.78 is 0. The molecule has 4 aliphatic heterocycles. The van der Waals surface area contributed by atoms with E-state index in [1.165, 1.54) is 26.0 Å². The summed E-state index contributed by atoms with van der Waals surface area (Å²) in [6.07, 6.45) is 3.42. The average molecular weight is 1480 g/mol. The minimum Gasteiger partial charge on any atom is -0.481 e. The van der Waals surface area contributed by atoms with Gasteiger partial charge in [-0.25, -0.2) is 4.79 Å². The summed E-state index contributed by atoms with van der Waals surface area (Å²) in [5.74, 6) is -10.8. The van der Waals surface area contributed by atoms with E-state index in [4.69, 9.17) is 69.8 Å². The number of carbonyl (C=O) groups is 13. The number of aliphatic imine (C=N–C) groups is 3. The molecule has 5 aliphatic rings. The van der Waals surface area contributed by atoms with Crippen LogP contribution in [-0.2, 0) is 81.7 Å². The molecule has 0 radical (unpaired) electrons. The molecule has 12 atom stereocenters. The number of amides is 9. The third-order valence-electron chi connectivity index (χ3n) is 17.4. The van der Waals surface area contributed by atoms with E-state index in [1.54, 1.807) is 35.7 Å². The van der Waals surface area contributed by atoms with Gasteiger partial charge in [-0.1, -0.05) is 43.2 Å². The lowest BCUT2D eigenvalue weighted by Crippen LogP contribution is -2.63. The molecule has 0 unspecified atom stereocenters. The number of aliphatic hydroxyl groups excluding tert-OH is 2. The number of hydrogen-bond donors (Lipinski definition) is 18. The van der Waals surface area contributed by atoms with Gasteiger partial charge in [-0.05, 0) is 99.1 Å². The van der Waals surface area contributed by atoms with E-state index < -0.39 is 157 Å². The van der Waals surface area contributed by atoms with Gasteiger partial charge in [0.25, 0.3) is 17.9 Å². The largest absolute Gasteiger partial charge is 0.481 e. The predicted octanol–water partition coefficient (Wildman–Crippen LogP) is -4.75. The number of nitrogens with one attached hydrogen (secondary N) is 5. The Balaban J connectivity index is 0.00000177. The number of β-amino-alcohol motifs (C(OH)–C–C–N with tert-alkyl or cyclic N) is 1. The summed E-state index contributed by atoms with van der Waals surface area (Å²) in [6.45, 7) is 1.79. The molecule has 0 bridgehead atoms. The molecule has 4 fully saturated rings. The van der Waals surface area contributed by atoms with Gasteiger partial charge in [0, 0.05) is 90.2 Å². The summed E-state index contributed by atoms with van der Waals surface area (Å²) >= 11 is 1.27. The third kappa shape index (κ3) is 27.8. The number of thiophene rings is 1. The first-order valence-electron chi connectivity index (χ1n) is 34.0. The van der Waals surface area contributed by atoms with Crippen molar-refractivity contribution in [2.75, 3.05) is 45.9 Å². The number of benzene rings is 1. The van der Waals surface area contributed by atoms with Crippen LogP contribution in [0.4, 0.5) is 0 Å². The van der Waals surface area contributed by atoms with Gasteiger partial charge in [0.2, 0.25) is 53.2 Å². The van der Waals surface area contributed by atoms with E-state index >= 15 is 4.79 Å². The summed E-state index contributed by atoms with van der Waals surface area (Å²) in [4.78, 5) is 186. The van der Waals surface area contributed by atoms with E-state index in [1.807, 2.05) is 6.07 Å². The summed E-state index contributed by atoms with van der Waals surface area (Å²) in [7, 11) is 0. The van der Waals surface area contributed by atoms with Crippen molar-refractivity contribution in [3.05, 3.63) is 57.8 Å². The van der Waals surface area contributed by atoms with E-state index in [9.17, 15) is 58.5 Å². The normalized spacial score (nSPS) is 20.5. The van der Waals surface area contributed by atoms with Gasteiger partial charge in [0.05, 0.1) is 25.3 Å². The summed E-state index contributed by atoms with van der Waals surface area (Å²) in [6, 6.07) is -1.07. The van der Waals surface area contributed by atoms with Crippen molar-refractivity contribution in [2.45, 2.75) is 197 Å². The van der Waals surface area contributed by atoms with E-state index in [2.05, 4.69) is 41.6 Å². The molecule has 9 amide bonds. The SMILES string of the molecule is CC(=O)O.CC(=O)O.CC(=O)O.NC(N)=NCCC[C@@H](N)C(=O)N[C@@H](CCCN=C(N)N)C(=O)N1CCC[C@H]1C(=O)N1C[C@H](O)C[C@H]1C(=O)NCC(=O)N[C@@H](Cc1cccs1)C(=O)N[C@@H](CO)C(=O)N1Cc2ccccc2C[C@@H]1C(=O)N1[C@H](C(=O)N[C@@H](CCCN=C(N)N)C(=O)O)C[C@@H]2CCCC[C@@H]21. The van der Waals surface area contributed by atoms with Crippen molar-refractivity contribution in [1.29, 1.82) is 0 Å². The van der Waals surface area contributed by atoms with Crippen molar-refractivity contribution in [3.8, 4) is 0 Å². The number of carboxylic acids is 4. The van der Waals surface area contributed by atoms with Crippen molar-refractivity contribution >= 4 is 106 Å². The first-order valence-corrected chi connectivity index (χ1v) is 34.9. The zero-order valence-corrected chi connectivity index (χ0v) is 59.3. The number of nitrogens with two attached hydrogens (primary N) is 7. The molecule has 576 valence electrons. The molecule has 1 aromatic heterocycles. The summed E-state index contributed by atoms with van der Waals surface area (Å²) in [5, 5.41) is 69.0. The highest BCUT2D eigenvalue weighted by Gasteiger charge is 2.52. The van der Waals surface area contributed by atoms with E-state index in [0.717, 1.165) is 50.5 Å². The van der Waals surface area contributed by atoms with Crippen LogP contribution in [-0.4, -0.2) is 258 Å². The van der Waals surface area contributed by atoms with E-state index in [-0.39, 0.29) is 127 Å². The molecular formula is C65H101N19O19S. The number of aliphatic carboxylic acids is 4. The minimum absolute atomic E-state index is 0.00000960. The van der Waals surface area contributed by atoms with Crippen LogP contribution in [0.5, 0.6) is 0 Å². The number of fused-ring (bicyclic) bond motifs is 2. The van der Waals surface area contributed by atoms with Crippen molar-refractivity contribution in [1.82, 2.24) is 46.2 Å². The second-order valence-electron chi connectivity index (χ2n) is 25.5. The number of likely N-dealkylation sites (tertiary alicyclic amines) is 3. The lowest BCUT2D eigenvalue weighted by Gasteiger charge is -2.42. The van der Waals surface area contributed by atoms with Gasteiger partial charge in [-0.3, -0.25) is 72.5 Å². The highest BCUT2D eigenvalue weighted by molar-refractivity contribution is 7.09. The second kappa shape index (κ2) is 43.0. The Hall–Kier alpha value is -10.3. The second-order valence-corrected chi connectivity index (χ2v) is 26.5. The smallest absolute Gasteiger partial charge is 0.326 e. The molecule has 104 heavy (non-hydrogen) atoms. The monoisotopic (exact) mass is 1480 g/mol. The van der Waals surface area contributed by atoms with Gasteiger partial charge in [-0.2, -0.15) is 0 Å². The van der Waals surface area contributed by atoms with E-state index in [0.29, 0.717) is 29.7 Å². The predicted molar refractivity (Wildman–Crippen MR) is 377 cm³/mol. The van der Waals surface area contributed by atoms with Gasteiger partial charge in [0.1, 0.15) is 48.3 Å². The number of hydrogen-bond acceptors (Lipinski definition) is 20. The highest BCUT2D eigenvalue weighted by Crippen LogP contribution is 2.41. The van der Waals surface area contributed by atoms with Crippen molar-refractivity contribution in [2.24, 2.45) is 61.0 Å². The number of carboxylic acid groups (broad SMARTS) is 4. The summed E-state index contributed by atoms with van der Waals surface area (Å²) in [5.41, 5.74) is 40.3.